The van der Waals surface area contributed by atoms with E-state index in [0.29, 0.717) is 11.4 Å². The lowest BCUT2D eigenvalue weighted by atomic mass is 10.0. The third-order valence-corrected chi connectivity index (χ3v) is 2.54. The first-order chi connectivity index (χ1) is 7.58. The third-order valence-electron chi connectivity index (χ3n) is 2.54. The molecule has 0 saturated heterocycles. The number of hydrogen-bond acceptors (Lipinski definition) is 3. The Kier molecular flexibility index (Phi) is 2.30. The Hall–Kier alpha value is -2.04. The lowest BCUT2D eigenvalue weighted by Crippen LogP contribution is -2.58. The monoisotopic (exact) mass is 220 g/mol. The van der Waals surface area contributed by atoms with Crippen LogP contribution in [0.25, 0.3) is 0 Å². The molecule has 1 aromatic carbocycles. The van der Waals surface area contributed by atoms with Gasteiger partial charge in [0.25, 0.3) is 17.4 Å². The summed E-state index contributed by atoms with van der Waals surface area (Å²) in [5.74, 6) is -0.446. The molecule has 1 unspecified atom stereocenters. The molecule has 0 fully saturated rings. The molecule has 0 bridgehead atoms. The van der Waals surface area contributed by atoms with Crippen molar-refractivity contribution in [2.45, 2.75) is 12.5 Å². The van der Waals surface area contributed by atoms with Crippen LogP contribution in [0.3, 0.4) is 0 Å². The summed E-state index contributed by atoms with van der Waals surface area (Å²) < 4.78 is 5.46. The number of carbonyl (C=O) groups excluding carboxylic acids is 2. The first-order valence-corrected chi connectivity index (χ1v) is 4.89. The molecule has 16 heavy (non-hydrogen) atoms. The van der Waals surface area contributed by atoms with Crippen LogP contribution in [0.15, 0.2) is 24.3 Å². The number of likely N-dealkylation sites (N-methyl/N-ethyl adjacent to an activating group) is 1. The molecular formula is C11H12N2O3. The fraction of sp³-hybridized carbons (Fsp3) is 0.273. The number of amides is 2. The number of anilines is 1. The molecule has 5 nitrogen and oxygen atoms in total. The van der Waals surface area contributed by atoms with Gasteiger partial charge in [-0.05, 0) is 19.1 Å². The van der Waals surface area contributed by atoms with Crippen LogP contribution in [0.2, 0.25) is 0 Å². The molecule has 2 N–H and O–H groups in total. The number of ether oxygens (including phenoxy) is 1. The average Bonchev–Trinajstić information content (AvgIpc) is 2.29. The molecule has 2 rings (SSSR count). The quantitative estimate of drug-likeness (QED) is 0.678. The van der Waals surface area contributed by atoms with E-state index in [1.807, 2.05) is 0 Å². The van der Waals surface area contributed by atoms with Gasteiger partial charge in [0.15, 0.2) is 0 Å². The van der Waals surface area contributed by atoms with Gasteiger partial charge in [-0.25, -0.2) is 0 Å². The fourth-order valence-corrected chi connectivity index (χ4v) is 1.55. The van der Waals surface area contributed by atoms with Crippen LogP contribution in [-0.4, -0.2) is 24.5 Å². The summed E-state index contributed by atoms with van der Waals surface area (Å²) in [7, 11) is 1.46. The molecule has 1 aromatic rings. The Balaban J connectivity index is 2.41. The number of benzene rings is 1. The fourth-order valence-electron chi connectivity index (χ4n) is 1.55. The number of fused-ring (bicyclic) bond motifs is 1. The van der Waals surface area contributed by atoms with E-state index in [1.54, 1.807) is 24.3 Å². The van der Waals surface area contributed by atoms with Gasteiger partial charge in [0.2, 0.25) is 0 Å². The summed E-state index contributed by atoms with van der Waals surface area (Å²) >= 11 is 0. The van der Waals surface area contributed by atoms with Crippen molar-refractivity contribution in [2.24, 2.45) is 0 Å². The van der Waals surface area contributed by atoms with Gasteiger partial charge in [0.1, 0.15) is 5.75 Å². The zero-order valence-electron chi connectivity index (χ0n) is 9.03. The largest absolute Gasteiger partial charge is 0.466 e. The van der Waals surface area contributed by atoms with Crippen molar-refractivity contribution < 1.29 is 14.3 Å². The van der Waals surface area contributed by atoms with Gasteiger partial charge in [0, 0.05) is 7.05 Å². The predicted molar refractivity (Wildman–Crippen MR) is 58.2 cm³/mol. The number of para-hydroxylation sites is 2. The summed E-state index contributed by atoms with van der Waals surface area (Å²) in [6, 6.07) is 6.98. The highest BCUT2D eigenvalue weighted by atomic mass is 16.5. The van der Waals surface area contributed by atoms with Crippen molar-refractivity contribution in [1.82, 2.24) is 5.32 Å². The molecule has 1 atom stereocenters. The van der Waals surface area contributed by atoms with Crippen molar-refractivity contribution in [3.8, 4) is 5.75 Å². The Labute approximate surface area is 92.8 Å². The van der Waals surface area contributed by atoms with Gasteiger partial charge in [-0.1, -0.05) is 12.1 Å². The summed E-state index contributed by atoms with van der Waals surface area (Å²) in [6.45, 7) is 1.44. The zero-order chi connectivity index (χ0) is 11.8. The molecule has 5 heteroatoms. The lowest BCUT2D eigenvalue weighted by molar-refractivity contribution is -0.146. The molecule has 1 heterocycles. The van der Waals surface area contributed by atoms with Crippen LogP contribution in [0, 0.1) is 0 Å². The van der Waals surface area contributed by atoms with Gasteiger partial charge in [-0.3, -0.25) is 9.59 Å². The second kappa shape index (κ2) is 3.52. The van der Waals surface area contributed by atoms with Crippen molar-refractivity contribution >= 4 is 17.5 Å². The van der Waals surface area contributed by atoms with E-state index in [1.165, 1.54) is 14.0 Å². The van der Waals surface area contributed by atoms with Crippen molar-refractivity contribution in [1.29, 1.82) is 0 Å². The molecule has 2 amide bonds. The highest BCUT2D eigenvalue weighted by molar-refractivity contribution is 6.15. The first-order valence-electron chi connectivity index (χ1n) is 4.89. The van der Waals surface area contributed by atoms with Crippen LogP contribution in [-0.2, 0) is 9.59 Å². The van der Waals surface area contributed by atoms with E-state index in [4.69, 9.17) is 4.74 Å². The Morgan fingerprint density at radius 2 is 2.12 bits per heavy atom. The van der Waals surface area contributed by atoms with E-state index in [9.17, 15) is 9.59 Å². The number of rotatable bonds is 1. The van der Waals surface area contributed by atoms with E-state index >= 15 is 0 Å². The van der Waals surface area contributed by atoms with Gasteiger partial charge < -0.3 is 15.4 Å². The molecule has 0 spiro atoms. The van der Waals surface area contributed by atoms with Gasteiger partial charge in [-0.15, -0.1) is 0 Å². The van der Waals surface area contributed by atoms with Crippen molar-refractivity contribution in [2.75, 3.05) is 12.4 Å². The van der Waals surface area contributed by atoms with E-state index < -0.39 is 17.4 Å². The minimum absolute atomic E-state index is 0.467. The minimum Gasteiger partial charge on any atom is -0.466 e. The topological polar surface area (TPSA) is 67.4 Å². The maximum Gasteiger partial charge on any atom is 0.278 e. The molecule has 0 radical (unpaired) electrons. The SMILES string of the molecule is CNC(=O)C1(C)Oc2ccccc2NC1=O. The molecule has 0 aliphatic carbocycles. The van der Waals surface area contributed by atoms with Gasteiger partial charge >= 0.3 is 0 Å². The Morgan fingerprint density at radius 1 is 1.44 bits per heavy atom. The minimum atomic E-state index is -1.51. The summed E-state index contributed by atoms with van der Waals surface area (Å²) in [5.41, 5.74) is -0.933. The van der Waals surface area contributed by atoms with Gasteiger partial charge in [0.05, 0.1) is 5.69 Å². The maximum absolute atomic E-state index is 11.8. The normalized spacial score (nSPS) is 22.8. The van der Waals surface area contributed by atoms with E-state index in [-0.39, 0.29) is 0 Å². The average molecular weight is 220 g/mol. The number of hydrogen-bond donors (Lipinski definition) is 2. The lowest BCUT2D eigenvalue weighted by Gasteiger charge is -2.32. The number of nitrogens with one attached hydrogen (secondary N) is 2. The smallest absolute Gasteiger partial charge is 0.278 e. The molecule has 0 saturated carbocycles. The van der Waals surface area contributed by atoms with Crippen LogP contribution >= 0.6 is 0 Å². The van der Waals surface area contributed by atoms with E-state index in [2.05, 4.69) is 10.6 Å². The summed E-state index contributed by atoms with van der Waals surface area (Å²) in [5, 5.41) is 5.05. The third kappa shape index (κ3) is 1.41. The highest BCUT2D eigenvalue weighted by Crippen LogP contribution is 2.33. The molecule has 0 aromatic heterocycles. The Bertz CT molecular complexity index is 458. The molecule has 1 aliphatic rings. The van der Waals surface area contributed by atoms with Crippen LogP contribution < -0.4 is 15.4 Å². The molecule has 84 valence electrons. The van der Waals surface area contributed by atoms with Crippen LogP contribution in [0.5, 0.6) is 5.75 Å². The number of carbonyl (C=O) groups is 2. The summed E-state index contributed by atoms with van der Waals surface area (Å²) in [6.07, 6.45) is 0. The standard InChI is InChI=1S/C11H12N2O3/c1-11(9(14)12-2)10(15)13-7-5-3-4-6-8(7)16-11/h3-6H,1-2H3,(H,12,14)(H,13,15). The highest BCUT2D eigenvalue weighted by Gasteiger charge is 2.46. The zero-order valence-corrected chi connectivity index (χ0v) is 9.03. The van der Waals surface area contributed by atoms with Crippen molar-refractivity contribution in [3.05, 3.63) is 24.3 Å². The van der Waals surface area contributed by atoms with E-state index in [0.717, 1.165) is 0 Å². The Morgan fingerprint density at radius 3 is 2.81 bits per heavy atom. The molecular weight excluding hydrogens is 208 g/mol. The first kappa shape index (κ1) is 10.5. The molecule has 1 aliphatic heterocycles. The maximum atomic E-state index is 11.8. The second-order valence-corrected chi connectivity index (χ2v) is 3.66. The predicted octanol–water partition coefficient (Wildman–Crippen LogP) is 0.522. The van der Waals surface area contributed by atoms with Gasteiger partial charge in [-0.2, -0.15) is 0 Å². The summed E-state index contributed by atoms with van der Waals surface area (Å²) in [4.78, 5) is 23.4. The van der Waals surface area contributed by atoms with Crippen molar-refractivity contribution in [3.63, 3.8) is 0 Å². The second-order valence-electron chi connectivity index (χ2n) is 3.66. The van der Waals surface area contributed by atoms with Crippen LogP contribution in [0.4, 0.5) is 5.69 Å². The van der Waals surface area contributed by atoms with Crippen LogP contribution in [0.1, 0.15) is 6.92 Å².